The van der Waals surface area contributed by atoms with Gasteiger partial charge in [0.2, 0.25) is 0 Å². The van der Waals surface area contributed by atoms with Crippen LogP contribution in [0.15, 0.2) is 54.7 Å². The lowest BCUT2D eigenvalue weighted by molar-refractivity contribution is 0.306. The summed E-state index contributed by atoms with van der Waals surface area (Å²) in [4.78, 5) is 0. The largest absolute Gasteiger partial charge is 0.489 e. The van der Waals surface area contributed by atoms with E-state index in [1.54, 1.807) is 0 Å². The predicted molar refractivity (Wildman–Crippen MR) is 122 cm³/mol. The van der Waals surface area contributed by atoms with Crippen molar-refractivity contribution in [3.63, 3.8) is 0 Å². The molecule has 0 bridgehead atoms. The van der Waals surface area contributed by atoms with Crippen LogP contribution < -0.4 is 9.46 Å². The summed E-state index contributed by atoms with van der Waals surface area (Å²) in [7, 11) is -0.374. The number of hydrogen-bond acceptors (Lipinski definition) is 3. The fourth-order valence-corrected chi connectivity index (χ4v) is 3.98. The number of nitrogens with zero attached hydrogens (tertiary/aromatic N) is 2. The molecule has 0 radical (unpaired) electrons. The van der Waals surface area contributed by atoms with Crippen molar-refractivity contribution in [3.8, 4) is 5.75 Å². The van der Waals surface area contributed by atoms with Crippen LogP contribution in [0.25, 0.3) is 10.9 Å². The van der Waals surface area contributed by atoms with Gasteiger partial charge in [0.05, 0.1) is 5.52 Å². The Labute approximate surface area is 179 Å². The molecule has 0 aliphatic rings. The SMILES string of the molecule is CC(C)Cn1cc(CCNS(=O)(=O)N(C)C)c2ccc(OCc3ccccc3)cc21. The molecule has 2 aromatic carbocycles. The van der Waals surface area contributed by atoms with Crippen LogP contribution in [-0.2, 0) is 29.8 Å². The van der Waals surface area contributed by atoms with Crippen molar-refractivity contribution >= 4 is 21.1 Å². The van der Waals surface area contributed by atoms with Gasteiger partial charge in [-0.3, -0.25) is 0 Å². The van der Waals surface area contributed by atoms with Crippen molar-refractivity contribution in [1.29, 1.82) is 0 Å². The van der Waals surface area contributed by atoms with Gasteiger partial charge in [-0.2, -0.15) is 12.7 Å². The second-order valence-electron chi connectivity index (χ2n) is 8.09. The molecule has 0 spiro atoms. The second kappa shape index (κ2) is 9.64. The number of benzene rings is 2. The van der Waals surface area contributed by atoms with Gasteiger partial charge < -0.3 is 9.30 Å². The Kier molecular flexibility index (Phi) is 7.18. The molecule has 1 N–H and O–H groups in total. The van der Waals surface area contributed by atoms with Gasteiger partial charge in [0.1, 0.15) is 12.4 Å². The first-order valence-electron chi connectivity index (χ1n) is 10.2. The quantitative estimate of drug-likeness (QED) is 0.533. The van der Waals surface area contributed by atoms with Crippen molar-refractivity contribution in [3.05, 3.63) is 65.9 Å². The van der Waals surface area contributed by atoms with Crippen LogP contribution in [0, 0.1) is 5.92 Å². The Bertz CT molecular complexity index is 1070. The third kappa shape index (κ3) is 5.62. The molecular weight excluding hydrogens is 398 g/mol. The van der Waals surface area contributed by atoms with E-state index in [1.165, 1.54) is 18.4 Å². The molecule has 3 rings (SSSR count). The summed E-state index contributed by atoms with van der Waals surface area (Å²) in [5.74, 6) is 1.32. The van der Waals surface area contributed by atoms with Crippen LogP contribution in [-0.4, -0.2) is 37.9 Å². The van der Waals surface area contributed by atoms with E-state index in [0.29, 0.717) is 25.5 Å². The molecule has 6 nitrogen and oxygen atoms in total. The number of hydrogen-bond donors (Lipinski definition) is 1. The number of nitrogens with one attached hydrogen (secondary N) is 1. The first-order chi connectivity index (χ1) is 14.3. The number of rotatable bonds is 10. The third-order valence-electron chi connectivity index (χ3n) is 4.91. The second-order valence-corrected chi connectivity index (χ2v) is 10.1. The fraction of sp³-hybridized carbons (Fsp3) is 0.391. The lowest BCUT2D eigenvalue weighted by Gasteiger charge is -2.11. The van der Waals surface area contributed by atoms with Gasteiger partial charge in [-0.05, 0) is 35.6 Å². The minimum Gasteiger partial charge on any atom is -0.489 e. The Morgan fingerprint density at radius 3 is 2.50 bits per heavy atom. The summed E-state index contributed by atoms with van der Waals surface area (Å²) in [5, 5.41) is 1.13. The summed E-state index contributed by atoms with van der Waals surface area (Å²) in [6, 6.07) is 16.2. The minimum absolute atomic E-state index is 0.355. The minimum atomic E-state index is -3.42. The van der Waals surface area contributed by atoms with Crippen LogP contribution in [0.3, 0.4) is 0 Å². The van der Waals surface area contributed by atoms with E-state index in [0.717, 1.165) is 34.3 Å². The van der Waals surface area contributed by atoms with Gasteiger partial charge in [0.25, 0.3) is 10.2 Å². The Hall–Kier alpha value is -2.35. The molecule has 0 aliphatic heterocycles. The number of aromatic nitrogens is 1. The van der Waals surface area contributed by atoms with Gasteiger partial charge >= 0.3 is 0 Å². The maximum atomic E-state index is 12.0. The summed E-state index contributed by atoms with van der Waals surface area (Å²) < 4.78 is 36.0. The molecule has 162 valence electrons. The van der Waals surface area contributed by atoms with Crippen molar-refractivity contribution in [1.82, 2.24) is 13.6 Å². The van der Waals surface area contributed by atoms with Gasteiger partial charge in [-0.1, -0.05) is 44.2 Å². The Morgan fingerprint density at radius 1 is 1.10 bits per heavy atom. The zero-order valence-electron chi connectivity index (χ0n) is 18.1. The Balaban J connectivity index is 1.80. The zero-order valence-corrected chi connectivity index (χ0v) is 18.9. The molecule has 7 heteroatoms. The monoisotopic (exact) mass is 429 g/mol. The molecule has 1 aromatic heterocycles. The molecule has 0 unspecified atom stereocenters. The molecule has 0 aliphatic carbocycles. The molecule has 0 saturated heterocycles. The summed E-state index contributed by atoms with van der Waals surface area (Å²) >= 11 is 0. The molecule has 0 fully saturated rings. The van der Waals surface area contributed by atoms with Gasteiger partial charge in [0.15, 0.2) is 0 Å². The fourth-order valence-electron chi connectivity index (χ4n) is 3.37. The maximum absolute atomic E-state index is 12.0. The lowest BCUT2D eigenvalue weighted by Crippen LogP contribution is -2.36. The van der Waals surface area contributed by atoms with E-state index < -0.39 is 10.2 Å². The average Bonchev–Trinajstić information content (AvgIpc) is 3.03. The predicted octanol–water partition coefficient (Wildman–Crippen LogP) is 3.81. The molecular formula is C23H31N3O3S. The van der Waals surface area contributed by atoms with Gasteiger partial charge in [0, 0.05) is 44.8 Å². The van der Waals surface area contributed by atoms with Crippen LogP contribution in [0.2, 0.25) is 0 Å². The lowest BCUT2D eigenvalue weighted by atomic mass is 10.1. The highest BCUT2D eigenvalue weighted by molar-refractivity contribution is 7.87. The highest BCUT2D eigenvalue weighted by atomic mass is 32.2. The van der Waals surface area contributed by atoms with E-state index in [-0.39, 0.29) is 0 Å². The van der Waals surface area contributed by atoms with Gasteiger partial charge in [-0.25, -0.2) is 4.72 Å². The summed E-state index contributed by atoms with van der Waals surface area (Å²) in [5.41, 5.74) is 3.37. The third-order valence-corrected chi connectivity index (χ3v) is 6.44. The van der Waals surface area contributed by atoms with Crippen molar-refractivity contribution in [2.45, 2.75) is 33.4 Å². The van der Waals surface area contributed by atoms with E-state index in [4.69, 9.17) is 4.74 Å². The first-order valence-corrected chi connectivity index (χ1v) is 11.7. The van der Waals surface area contributed by atoms with Crippen molar-refractivity contribution < 1.29 is 13.2 Å². The molecule has 30 heavy (non-hydrogen) atoms. The molecule has 1 heterocycles. The standard InChI is InChI=1S/C23H31N3O3S/c1-18(2)15-26-16-20(12-13-24-30(27,28)25(3)4)22-11-10-21(14-23(22)26)29-17-19-8-6-5-7-9-19/h5-11,14,16,18,24H,12-13,15,17H2,1-4H3. The van der Waals surface area contributed by atoms with Crippen molar-refractivity contribution in [2.75, 3.05) is 20.6 Å². The number of fused-ring (bicyclic) bond motifs is 1. The average molecular weight is 430 g/mol. The topological polar surface area (TPSA) is 63.6 Å². The first kappa shape index (κ1) is 22.3. The van der Waals surface area contributed by atoms with E-state index >= 15 is 0 Å². The summed E-state index contributed by atoms with van der Waals surface area (Å²) in [6.45, 7) is 6.14. The Morgan fingerprint density at radius 2 is 1.83 bits per heavy atom. The normalized spacial score (nSPS) is 12.2. The molecule has 3 aromatic rings. The van der Waals surface area contributed by atoms with E-state index in [9.17, 15) is 8.42 Å². The van der Waals surface area contributed by atoms with E-state index in [1.807, 2.05) is 36.4 Å². The molecule has 0 saturated carbocycles. The number of ether oxygens (including phenoxy) is 1. The van der Waals surface area contributed by atoms with Gasteiger partial charge in [-0.15, -0.1) is 0 Å². The highest BCUT2D eigenvalue weighted by Crippen LogP contribution is 2.27. The van der Waals surface area contributed by atoms with Crippen LogP contribution >= 0.6 is 0 Å². The van der Waals surface area contributed by atoms with E-state index in [2.05, 4.69) is 41.5 Å². The highest BCUT2D eigenvalue weighted by Gasteiger charge is 2.14. The van der Waals surface area contributed by atoms with Crippen LogP contribution in [0.1, 0.15) is 25.0 Å². The molecule has 0 atom stereocenters. The summed E-state index contributed by atoms with van der Waals surface area (Å²) in [6.07, 6.45) is 2.76. The molecule has 0 amide bonds. The van der Waals surface area contributed by atoms with Crippen LogP contribution in [0.4, 0.5) is 0 Å². The smallest absolute Gasteiger partial charge is 0.278 e. The van der Waals surface area contributed by atoms with Crippen LogP contribution in [0.5, 0.6) is 5.75 Å². The zero-order chi connectivity index (χ0) is 21.7. The van der Waals surface area contributed by atoms with Crippen molar-refractivity contribution in [2.24, 2.45) is 5.92 Å². The maximum Gasteiger partial charge on any atom is 0.278 e.